The maximum absolute atomic E-state index is 10.8. The highest BCUT2D eigenvalue weighted by Crippen LogP contribution is 2.23. The minimum absolute atomic E-state index is 0.113. The summed E-state index contributed by atoms with van der Waals surface area (Å²) in [6.45, 7) is 3.82. The Kier molecular flexibility index (Phi) is 4.26. The van der Waals surface area contributed by atoms with E-state index in [2.05, 4.69) is 36.3 Å². The molecule has 0 unspecified atom stereocenters. The molecule has 1 aromatic carbocycles. The van der Waals surface area contributed by atoms with Crippen molar-refractivity contribution in [1.82, 2.24) is 19.7 Å². The van der Waals surface area contributed by atoms with Crippen LogP contribution < -0.4 is 5.32 Å². The molecular weight excluding hydrogens is 376 g/mol. The summed E-state index contributed by atoms with van der Waals surface area (Å²) in [5.41, 5.74) is 2.58. The summed E-state index contributed by atoms with van der Waals surface area (Å²) < 4.78 is 2.31. The van der Waals surface area contributed by atoms with Crippen LogP contribution in [-0.4, -0.2) is 24.7 Å². The van der Waals surface area contributed by atoms with Gasteiger partial charge in [0.15, 0.2) is 0 Å². The molecule has 24 heavy (non-hydrogen) atoms. The smallest absolute Gasteiger partial charge is 0.307 e. The van der Waals surface area contributed by atoms with E-state index in [4.69, 9.17) is 0 Å². The Balaban J connectivity index is 1.93. The van der Waals surface area contributed by atoms with E-state index in [0.29, 0.717) is 5.82 Å². The van der Waals surface area contributed by atoms with Gasteiger partial charge in [-0.2, -0.15) is 14.8 Å². The average Bonchev–Trinajstić information content (AvgIpc) is 3.01. The monoisotopic (exact) mass is 388 g/mol. The number of benzene rings is 1. The van der Waals surface area contributed by atoms with Gasteiger partial charge >= 0.3 is 5.69 Å². The van der Waals surface area contributed by atoms with Crippen molar-refractivity contribution in [2.75, 3.05) is 5.32 Å². The van der Waals surface area contributed by atoms with Crippen LogP contribution in [0.15, 0.2) is 41.1 Å². The van der Waals surface area contributed by atoms with Gasteiger partial charge in [-0.25, -0.2) is 4.98 Å². The molecule has 1 N–H and O–H groups in total. The molecule has 9 heteroatoms. The van der Waals surface area contributed by atoms with Gasteiger partial charge in [0.2, 0.25) is 0 Å². The highest BCUT2D eigenvalue weighted by atomic mass is 79.9. The van der Waals surface area contributed by atoms with Gasteiger partial charge in [-0.15, -0.1) is 0 Å². The van der Waals surface area contributed by atoms with Gasteiger partial charge in [0.05, 0.1) is 4.92 Å². The maximum Gasteiger partial charge on any atom is 0.307 e. The third-order valence-electron chi connectivity index (χ3n) is 3.26. The van der Waals surface area contributed by atoms with Crippen LogP contribution in [-0.2, 0) is 0 Å². The molecule has 0 amide bonds. The number of aryl methyl sites for hydroxylation is 2. The van der Waals surface area contributed by atoms with E-state index in [-0.39, 0.29) is 11.6 Å². The van der Waals surface area contributed by atoms with Crippen molar-refractivity contribution >= 4 is 33.1 Å². The van der Waals surface area contributed by atoms with Gasteiger partial charge in [0, 0.05) is 21.9 Å². The third-order valence-corrected chi connectivity index (χ3v) is 4.15. The summed E-state index contributed by atoms with van der Waals surface area (Å²) in [6, 6.07) is 7.65. The lowest BCUT2D eigenvalue weighted by molar-refractivity contribution is -0.384. The minimum atomic E-state index is -0.511. The summed E-state index contributed by atoms with van der Waals surface area (Å²) in [4.78, 5) is 18.9. The summed E-state index contributed by atoms with van der Waals surface area (Å²) in [6.07, 6.45) is 2.44. The number of anilines is 2. The molecule has 0 spiro atoms. The number of nitrogens with zero attached hydrogens (tertiary/aromatic N) is 5. The van der Waals surface area contributed by atoms with Crippen LogP contribution in [0.5, 0.6) is 0 Å². The van der Waals surface area contributed by atoms with Crippen LogP contribution in [0.2, 0.25) is 0 Å². The predicted molar refractivity (Wildman–Crippen MR) is 92.7 cm³/mol. The number of nitro groups is 1. The first-order chi connectivity index (χ1) is 11.4. The molecule has 0 aliphatic heterocycles. The van der Waals surface area contributed by atoms with Crippen molar-refractivity contribution in [3.05, 3.63) is 62.5 Å². The number of nitrogens with one attached hydrogen (secondary N) is 1. The average molecular weight is 389 g/mol. The van der Waals surface area contributed by atoms with E-state index < -0.39 is 4.92 Å². The zero-order valence-electron chi connectivity index (χ0n) is 12.9. The van der Waals surface area contributed by atoms with E-state index in [1.165, 1.54) is 10.9 Å². The summed E-state index contributed by atoms with van der Waals surface area (Å²) >= 11 is 3.46. The van der Waals surface area contributed by atoms with E-state index in [1.807, 2.05) is 32.0 Å². The zero-order chi connectivity index (χ0) is 17.3. The summed E-state index contributed by atoms with van der Waals surface area (Å²) in [7, 11) is 0. The predicted octanol–water partition coefficient (Wildman–Crippen LogP) is 3.69. The fourth-order valence-corrected chi connectivity index (χ4v) is 2.35. The highest BCUT2D eigenvalue weighted by Gasteiger charge is 2.12. The van der Waals surface area contributed by atoms with Crippen LogP contribution in [0.1, 0.15) is 11.3 Å². The standard InChI is InChI=1S/C15H13BrN6O2/c1-9-5-11(3-4-13(9)16)19-14-6-10(2)18-15(20-14)21-8-12(7-17-21)22(23)24/h3-8H,1-2H3,(H,18,19,20). The molecule has 0 radical (unpaired) electrons. The molecule has 2 heterocycles. The number of hydrogen-bond acceptors (Lipinski definition) is 6. The number of aromatic nitrogens is 4. The second kappa shape index (κ2) is 6.36. The van der Waals surface area contributed by atoms with Crippen molar-refractivity contribution in [3.63, 3.8) is 0 Å². The van der Waals surface area contributed by atoms with E-state index >= 15 is 0 Å². The molecule has 8 nitrogen and oxygen atoms in total. The SMILES string of the molecule is Cc1cc(Nc2ccc(Br)c(C)c2)nc(-n2cc([N+](=O)[O-])cn2)n1. The molecule has 0 saturated carbocycles. The van der Waals surface area contributed by atoms with E-state index in [0.717, 1.165) is 27.6 Å². The Morgan fingerprint density at radius 2 is 2.04 bits per heavy atom. The fraction of sp³-hybridized carbons (Fsp3) is 0.133. The van der Waals surface area contributed by atoms with Crippen molar-refractivity contribution in [2.24, 2.45) is 0 Å². The van der Waals surface area contributed by atoms with Crippen molar-refractivity contribution in [3.8, 4) is 5.95 Å². The quantitative estimate of drug-likeness (QED) is 0.540. The van der Waals surface area contributed by atoms with Gasteiger partial charge in [-0.3, -0.25) is 10.1 Å². The lowest BCUT2D eigenvalue weighted by Crippen LogP contribution is -2.05. The molecule has 3 aromatic rings. The number of hydrogen-bond donors (Lipinski definition) is 1. The molecule has 3 rings (SSSR count). The minimum Gasteiger partial charge on any atom is -0.340 e. The first-order valence-electron chi connectivity index (χ1n) is 7.00. The second-order valence-corrected chi connectivity index (χ2v) is 6.04. The number of halogens is 1. The number of rotatable bonds is 4. The van der Waals surface area contributed by atoms with Gasteiger partial charge in [-0.05, 0) is 37.6 Å². The van der Waals surface area contributed by atoms with Crippen LogP contribution in [0.25, 0.3) is 5.95 Å². The van der Waals surface area contributed by atoms with Crippen molar-refractivity contribution in [2.45, 2.75) is 13.8 Å². The van der Waals surface area contributed by atoms with Crippen LogP contribution >= 0.6 is 15.9 Å². The molecule has 2 aromatic heterocycles. The summed E-state index contributed by atoms with van der Waals surface area (Å²) in [5, 5.41) is 17.9. The Morgan fingerprint density at radius 3 is 2.71 bits per heavy atom. The van der Waals surface area contributed by atoms with Gasteiger partial charge < -0.3 is 5.32 Å². The van der Waals surface area contributed by atoms with Gasteiger partial charge in [-0.1, -0.05) is 15.9 Å². The van der Waals surface area contributed by atoms with Crippen molar-refractivity contribution < 1.29 is 4.92 Å². The largest absolute Gasteiger partial charge is 0.340 e. The van der Waals surface area contributed by atoms with Crippen LogP contribution in [0, 0.1) is 24.0 Å². The van der Waals surface area contributed by atoms with Crippen molar-refractivity contribution in [1.29, 1.82) is 0 Å². The van der Waals surface area contributed by atoms with E-state index in [9.17, 15) is 10.1 Å². The second-order valence-electron chi connectivity index (χ2n) is 5.18. The normalized spacial score (nSPS) is 10.6. The zero-order valence-corrected chi connectivity index (χ0v) is 14.5. The third kappa shape index (κ3) is 3.40. The lowest BCUT2D eigenvalue weighted by Gasteiger charge is -2.09. The maximum atomic E-state index is 10.8. The van der Waals surface area contributed by atoms with Crippen LogP contribution in [0.4, 0.5) is 17.2 Å². The van der Waals surface area contributed by atoms with Crippen LogP contribution in [0.3, 0.4) is 0 Å². The molecule has 0 bridgehead atoms. The van der Waals surface area contributed by atoms with Gasteiger partial charge in [0.1, 0.15) is 18.2 Å². The summed E-state index contributed by atoms with van der Waals surface area (Å²) in [5.74, 6) is 0.844. The molecule has 0 saturated heterocycles. The fourth-order valence-electron chi connectivity index (χ4n) is 2.11. The molecule has 122 valence electrons. The first kappa shape index (κ1) is 16.1. The lowest BCUT2D eigenvalue weighted by atomic mass is 10.2. The first-order valence-corrected chi connectivity index (χ1v) is 7.80. The highest BCUT2D eigenvalue weighted by molar-refractivity contribution is 9.10. The molecule has 0 atom stereocenters. The van der Waals surface area contributed by atoms with Gasteiger partial charge in [0.25, 0.3) is 5.95 Å². The molecule has 0 fully saturated rings. The Bertz CT molecular complexity index is 924. The molecular formula is C15H13BrN6O2. The topological polar surface area (TPSA) is 98.8 Å². The molecule has 0 aliphatic rings. The van der Waals surface area contributed by atoms with E-state index in [1.54, 1.807) is 6.07 Å². The molecule has 0 aliphatic carbocycles. The Hall–Kier alpha value is -2.81. The Morgan fingerprint density at radius 1 is 1.25 bits per heavy atom. The Labute approximate surface area is 145 Å².